The van der Waals surface area contributed by atoms with Crippen molar-refractivity contribution in [1.82, 2.24) is 19.9 Å². The fourth-order valence-electron chi connectivity index (χ4n) is 2.64. The molecule has 1 N–H and O–H groups in total. The Labute approximate surface area is 146 Å². The molecule has 0 atom stereocenters. The van der Waals surface area contributed by atoms with Crippen LogP contribution in [0.1, 0.15) is 21.5 Å². The van der Waals surface area contributed by atoms with Crippen molar-refractivity contribution in [3.63, 3.8) is 0 Å². The van der Waals surface area contributed by atoms with Crippen molar-refractivity contribution in [3.8, 4) is 5.88 Å². The number of amides is 1. The van der Waals surface area contributed by atoms with Crippen molar-refractivity contribution >= 4 is 16.9 Å². The Morgan fingerprint density at radius 1 is 1.35 bits per heavy atom. The molecule has 0 aliphatic rings. The summed E-state index contributed by atoms with van der Waals surface area (Å²) in [5, 5.41) is 2.68. The number of carbonyl (C=O) groups excluding carboxylic acids is 1. The molecular formula is C17H15F3N4O2. The Kier molecular flexibility index (Phi) is 4.79. The molecule has 0 radical (unpaired) electrons. The average Bonchev–Trinajstić information content (AvgIpc) is 2.96. The van der Waals surface area contributed by atoms with Crippen molar-refractivity contribution < 1.29 is 22.7 Å². The van der Waals surface area contributed by atoms with Crippen LogP contribution in [0.5, 0.6) is 5.88 Å². The van der Waals surface area contributed by atoms with Crippen LogP contribution in [0, 0.1) is 12.7 Å². The van der Waals surface area contributed by atoms with E-state index < -0.39 is 24.2 Å². The van der Waals surface area contributed by atoms with E-state index in [9.17, 15) is 18.0 Å². The lowest BCUT2D eigenvalue weighted by Gasteiger charge is -2.11. The standard InChI is InChI=1S/C17H15F3N4O2/c1-9-3-4-13-14(24(2)8-23-13)11(9)7-21-15(25)10-5-12(18)16(22-6-10)26-17(19)20/h3-6,8,17H,7H2,1-2H3,(H,21,25). The smallest absolute Gasteiger partial charge is 0.388 e. The van der Waals surface area contributed by atoms with Gasteiger partial charge in [-0.1, -0.05) is 6.07 Å². The third-order valence-electron chi connectivity index (χ3n) is 3.91. The van der Waals surface area contributed by atoms with Gasteiger partial charge in [-0.15, -0.1) is 0 Å². The normalized spacial score (nSPS) is 11.2. The zero-order valence-electron chi connectivity index (χ0n) is 14.0. The summed E-state index contributed by atoms with van der Waals surface area (Å²) in [6.45, 7) is -1.09. The van der Waals surface area contributed by atoms with Crippen LogP contribution >= 0.6 is 0 Å². The highest BCUT2D eigenvalue weighted by molar-refractivity contribution is 5.94. The second-order valence-electron chi connectivity index (χ2n) is 5.66. The van der Waals surface area contributed by atoms with Crippen LogP contribution in [0.3, 0.4) is 0 Å². The Balaban J connectivity index is 1.78. The number of aryl methyl sites for hydroxylation is 2. The Hall–Kier alpha value is -3.10. The fraction of sp³-hybridized carbons (Fsp3) is 0.235. The monoisotopic (exact) mass is 364 g/mol. The average molecular weight is 364 g/mol. The van der Waals surface area contributed by atoms with Crippen LogP contribution in [0.15, 0.2) is 30.7 Å². The number of nitrogens with one attached hydrogen (secondary N) is 1. The predicted molar refractivity (Wildman–Crippen MR) is 87.4 cm³/mol. The van der Waals surface area contributed by atoms with Gasteiger partial charge in [0.05, 0.1) is 22.9 Å². The Morgan fingerprint density at radius 2 is 2.12 bits per heavy atom. The molecule has 3 rings (SSSR count). The van der Waals surface area contributed by atoms with Gasteiger partial charge in [0, 0.05) is 25.4 Å². The molecular weight excluding hydrogens is 349 g/mol. The van der Waals surface area contributed by atoms with Gasteiger partial charge in [-0.2, -0.15) is 8.78 Å². The molecule has 0 saturated carbocycles. The maximum atomic E-state index is 13.7. The molecule has 26 heavy (non-hydrogen) atoms. The quantitative estimate of drug-likeness (QED) is 0.756. The van der Waals surface area contributed by atoms with Crippen LogP contribution in [-0.2, 0) is 13.6 Å². The second kappa shape index (κ2) is 7.03. The molecule has 2 aromatic heterocycles. The molecule has 0 fully saturated rings. The topological polar surface area (TPSA) is 69.0 Å². The number of imidazole rings is 1. The third-order valence-corrected chi connectivity index (χ3v) is 3.91. The van der Waals surface area contributed by atoms with Crippen LogP contribution < -0.4 is 10.1 Å². The number of halogens is 3. The number of aromatic nitrogens is 3. The van der Waals surface area contributed by atoms with Gasteiger partial charge in [0.15, 0.2) is 5.82 Å². The summed E-state index contributed by atoms with van der Waals surface area (Å²) in [7, 11) is 1.85. The number of nitrogens with zero attached hydrogens (tertiary/aromatic N) is 3. The maximum absolute atomic E-state index is 13.7. The third kappa shape index (κ3) is 3.46. The van der Waals surface area contributed by atoms with Crippen LogP contribution in [0.4, 0.5) is 13.2 Å². The highest BCUT2D eigenvalue weighted by atomic mass is 19.3. The lowest BCUT2D eigenvalue weighted by molar-refractivity contribution is -0.0553. The van der Waals surface area contributed by atoms with E-state index in [4.69, 9.17) is 0 Å². The van der Waals surface area contributed by atoms with Crippen molar-refractivity contribution in [2.75, 3.05) is 0 Å². The van der Waals surface area contributed by atoms with E-state index in [2.05, 4.69) is 20.0 Å². The molecule has 9 heteroatoms. The lowest BCUT2D eigenvalue weighted by atomic mass is 10.1. The zero-order chi connectivity index (χ0) is 18.8. The van der Waals surface area contributed by atoms with Gasteiger partial charge < -0.3 is 14.6 Å². The van der Waals surface area contributed by atoms with Crippen LogP contribution in [-0.4, -0.2) is 27.1 Å². The van der Waals surface area contributed by atoms with E-state index in [0.29, 0.717) is 0 Å². The van der Waals surface area contributed by atoms with Crippen LogP contribution in [0.25, 0.3) is 11.0 Å². The van der Waals surface area contributed by atoms with Gasteiger partial charge in [0.2, 0.25) is 0 Å². The molecule has 0 aliphatic carbocycles. The van der Waals surface area contributed by atoms with Crippen molar-refractivity contribution in [1.29, 1.82) is 0 Å². The summed E-state index contributed by atoms with van der Waals surface area (Å²) >= 11 is 0. The van der Waals surface area contributed by atoms with E-state index >= 15 is 0 Å². The minimum atomic E-state index is -3.20. The molecule has 0 unspecified atom stereocenters. The first kappa shape index (κ1) is 17.7. The number of fused-ring (bicyclic) bond motifs is 1. The largest absolute Gasteiger partial charge is 0.414 e. The molecule has 1 aromatic carbocycles. The second-order valence-corrected chi connectivity index (χ2v) is 5.66. The van der Waals surface area contributed by atoms with E-state index in [1.807, 2.05) is 30.7 Å². The number of hydrogen-bond donors (Lipinski definition) is 1. The summed E-state index contributed by atoms with van der Waals surface area (Å²) in [5.74, 6) is -2.58. The van der Waals surface area contributed by atoms with E-state index in [1.165, 1.54) is 0 Å². The minimum absolute atomic E-state index is 0.0982. The molecule has 0 saturated heterocycles. The number of carbonyl (C=O) groups is 1. The number of pyridine rings is 1. The Morgan fingerprint density at radius 3 is 2.81 bits per heavy atom. The van der Waals surface area contributed by atoms with Gasteiger partial charge in [-0.25, -0.2) is 14.4 Å². The fourth-order valence-corrected chi connectivity index (χ4v) is 2.64. The summed E-state index contributed by atoms with van der Waals surface area (Å²) in [4.78, 5) is 19.9. The van der Waals surface area contributed by atoms with Crippen molar-refractivity contribution in [2.24, 2.45) is 7.05 Å². The van der Waals surface area contributed by atoms with Crippen molar-refractivity contribution in [3.05, 3.63) is 53.2 Å². The summed E-state index contributed by atoms with van der Waals surface area (Å²) < 4.78 is 43.7. The number of alkyl halides is 2. The highest BCUT2D eigenvalue weighted by Crippen LogP contribution is 2.21. The predicted octanol–water partition coefficient (Wildman–Crippen LogP) is 2.95. The first-order valence-electron chi connectivity index (χ1n) is 7.65. The van der Waals surface area contributed by atoms with Gasteiger partial charge in [0.25, 0.3) is 11.8 Å². The maximum Gasteiger partial charge on any atom is 0.388 e. The highest BCUT2D eigenvalue weighted by Gasteiger charge is 2.16. The molecule has 136 valence electrons. The molecule has 0 spiro atoms. The van der Waals surface area contributed by atoms with Gasteiger partial charge in [-0.3, -0.25) is 4.79 Å². The first-order chi connectivity index (χ1) is 12.4. The lowest BCUT2D eigenvalue weighted by Crippen LogP contribution is -2.24. The van der Waals surface area contributed by atoms with Gasteiger partial charge in [0.1, 0.15) is 0 Å². The molecule has 1 amide bonds. The number of benzene rings is 1. The molecule has 2 heterocycles. The van der Waals surface area contributed by atoms with E-state index in [1.54, 1.807) is 6.33 Å². The number of ether oxygens (including phenoxy) is 1. The molecule has 3 aromatic rings. The van der Waals surface area contributed by atoms with E-state index in [-0.39, 0.29) is 12.1 Å². The van der Waals surface area contributed by atoms with Gasteiger partial charge >= 0.3 is 6.61 Å². The summed E-state index contributed by atoms with van der Waals surface area (Å²) in [6, 6.07) is 4.59. The molecule has 0 bridgehead atoms. The summed E-state index contributed by atoms with van der Waals surface area (Å²) in [5.41, 5.74) is 3.42. The molecule has 0 aliphatic heterocycles. The summed E-state index contributed by atoms with van der Waals surface area (Å²) in [6.07, 6.45) is 2.66. The van der Waals surface area contributed by atoms with Gasteiger partial charge in [-0.05, 0) is 24.6 Å². The zero-order valence-corrected chi connectivity index (χ0v) is 14.0. The number of hydrogen-bond acceptors (Lipinski definition) is 4. The van der Waals surface area contributed by atoms with Crippen molar-refractivity contribution in [2.45, 2.75) is 20.1 Å². The first-order valence-corrected chi connectivity index (χ1v) is 7.65. The SMILES string of the molecule is Cc1ccc2ncn(C)c2c1CNC(=O)c1cnc(OC(F)F)c(F)c1. The van der Waals surface area contributed by atoms with E-state index in [0.717, 1.165) is 34.4 Å². The minimum Gasteiger partial charge on any atom is -0.414 e. The number of rotatable bonds is 5. The molecule has 6 nitrogen and oxygen atoms in total. The van der Waals surface area contributed by atoms with Crippen LogP contribution in [0.2, 0.25) is 0 Å². The Bertz CT molecular complexity index is 972.